The molecule has 0 spiro atoms. The third kappa shape index (κ3) is 2.51. The second kappa shape index (κ2) is 5.27. The van der Waals surface area contributed by atoms with Crippen molar-refractivity contribution < 1.29 is 24.5 Å². The first kappa shape index (κ1) is 12.9. The number of carboxylic acid groups (broad SMARTS) is 1. The van der Waals surface area contributed by atoms with Crippen LogP contribution in [-0.4, -0.2) is 60.4 Å². The standard InChI is InChI=1S/C10H17NO5/c1-16-7-5-11(4-6-12)8(13)10(2-3-10)9(14)15/h12H,2-7H2,1H3,(H,14,15). The average Bonchev–Trinajstić information content (AvgIpc) is 3.04. The van der Waals surface area contributed by atoms with Crippen molar-refractivity contribution in [3.05, 3.63) is 0 Å². The van der Waals surface area contributed by atoms with Crippen LogP contribution in [0.15, 0.2) is 0 Å². The number of ether oxygens (including phenoxy) is 1. The Balaban J connectivity index is 2.63. The Bertz CT molecular complexity index is 274. The number of nitrogens with zero attached hydrogens (tertiary/aromatic N) is 1. The lowest BCUT2D eigenvalue weighted by Crippen LogP contribution is -2.43. The van der Waals surface area contributed by atoms with E-state index in [9.17, 15) is 9.59 Å². The van der Waals surface area contributed by atoms with Crippen molar-refractivity contribution in [3.63, 3.8) is 0 Å². The summed E-state index contributed by atoms with van der Waals surface area (Å²) in [7, 11) is 1.51. The molecule has 0 aromatic carbocycles. The first-order valence-corrected chi connectivity index (χ1v) is 5.21. The zero-order valence-corrected chi connectivity index (χ0v) is 9.31. The maximum absolute atomic E-state index is 11.9. The fourth-order valence-corrected chi connectivity index (χ4v) is 1.58. The topological polar surface area (TPSA) is 87.1 Å². The van der Waals surface area contributed by atoms with Crippen molar-refractivity contribution in [3.8, 4) is 0 Å². The van der Waals surface area contributed by atoms with E-state index in [-0.39, 0.29) is 13.2 Å². The molecule has 0 unspecified atom stereocenters. The first-order chi connectivity index (χ1) is 7.58. The lowest BCUT2D eigenvalue weighted by atomic mass is 10.1. The number of carbonyl (C=O) groups excluding carboxylic acids is 1. The molecule has 1 fully saturated rings. The monoisotopic (exact) mass is 231 g/mol. The fraction of sp³-hybridized carbons (Fsp3) is 0.800. The van der Waals surface area contributed by atoms with E-state index in [0.717, 1.165) is 0 Å². The average molecular weight is 231 g/mol. The largest absolute Gasteiger partial charge is 0.480 e. The number of carboxylic acids is 1. The number of carbonyl (C=O) groups is 2. The van der Waals surface area contributed by atoms with E-state index in [2.05, 4.69) is 0 Å². The van der Waals surface area contributed by atoms with Gasteiger partial charge in [0.2, 0.25) is 5.91 Å². The minimum absolute atomic E-state index is 0.150. The molecule has 16 heavy (non-hydrogen) atoms. The van der Waals surface area contributed by atoms with Crippen molar-refractivity contribution in [1.29, 1.82) is 0 Å². The first-order valence-electron chi connectivity index (χ1n) is 5.21. The summed E-state index contributed by atoms with van der Waals surface area (Å²) >= 11 is 0. The lowest BCUT2D eigenvalue weighted by Gasteiger charge is -2.24. The van der Waals surface area contributed by atoms with Gasteiger partial charge in [0.05, 0.1) is 13.2 Å². The van der Waals surface area contributed by atoms with E-state index in [1.807, 2.05) is 0 Å². The number of methoxy groups -OCH3 is 1. The molecule has 0 atom stereocenters. The molecule has 0 aromatic heterocycles. The van der Waals surface area contributed by atoms with Crippen molar-refractivity contribution in [1.82, 2.24) is 4.90 Å². The fourth-order valence-electron chi connectivity index (χ4n) is 1.58. The van der Waals surface area contributed by atoms with E-state index >= 15 is 0 Å². The molecule has 1 aliphatic rings. The van der Waals surface area contributed by atoms with Crippen LogP contribution >= 0.6 is 0 Å². The Morgan fingerprint density at radius 3 is 2.38 bits per heavy atom. The highest BCUT2D eigenvalue weighted by Crippen LogP contribution is 2.47. The summed E-state index contributed by atoms with van der Waals surface area (Å²) in [5.41, 5.74) is -1.23. The number of aliphatic hydroxyl groups excluding tert-OH is 1. The number of rotatable bonds is 7. The second-order valence-corrected chi connectivity index (χ2v) is 3.90. The second-order valence-electron chi connectivity index (χ2n) is 3.90. The summed E-state index contributed by atoms with van der Waals surface area (Å²) in [6.07, 6.45) is 0.770. The highest BCUT2D eigenvalue weighted by atomic mass is 16.5. The number of aliphatic carboxylic acids is 1. The Morgan fingerprint density at radius 1 is 1.38 bits per heavy atom. The molecule has 6 nitrogen and oxygen atoms in total. The van der Waals surface area contributed by atoms with Crippen molar-refractivity contribution in [2.75, 3.05) is 33.4 Å². The molecule has 2 N–H and O–H groups in total. The Morgan fingerprint density at radius 2 is 2.00 bits per heavy atom. The molecule has 0 bridgehead atoms. The van der Waals surface area contributed by atoms with E-state index in [0.29, 0.717) is 26.0 Å². The molecular formula is C10H17NO5. The SMILES string of the molecule is COCCN(CCO)C(=O)C1(C(=O)O)CC1. The van der Waals surface area contributed by atoms with Gasteiger partial charge in [-0.2, -0.15) is 0 Å². The Hall–Kier alpha value is -1.14. The zero-order valence-electron chi connectivity index (χ0n) is 9.31. The zero-order chi connectivity index (χ0) is 12.2. The van der Waals surface area contributed by atoms with Crippen LogP contribution in [-0.2, 0) is 14.3 Å². The molecule has 1 saturated carbocycles. The highest BCUT2D eigenvalue weighted by Gasteiger charge is 2.58. The lowest BCUT2D eigenvalue weighted by molar-refractivity contribution is -0.154. The number of aliphatic hydroxyl groups is 1. The predicted octanol–water partition coefficient (Wildman–Crippen LogP) is -0.681. The Kier molecular flexibility index (Phi) is 4.26. The van der Waals surface area contributed by atoms with Crippen LogP contribution in [0.3, 0.4) is 0 Å². The number of hydrogen-bond donors (Lipinski definition) is 2. The van der Waals surface area contributed by atoms with Crippen LogP contribution in [0.5, 0.6) is 0 Å². The van der Waals surface area contributed by atoms with Gasteiger partial charge in [0, 0.05) is 20.2 Å². The molecule has 0 saturated heterocycles. The third-order valence-electron chi connectivity index (χ3n) is 2.79. The van der Waals surface area contributed by atoms with Crippen molar-refractivity contribution in [2.45, 2.75) is 12.8 Å². The van der Waals surface area contributed by atoms with E-state index in [1.165, 1.54) is 12.0 Å². The molecule has 0 aromatic rings. The van der Waals surface area contributed by atoms with Gasteiger partial charge in [-0.3, -0.25) is 9.59 Å². The predicted molar refractivity (Wildman–Crippen MR) is 54.8 cm³/mol. The molecule has 1 amide bonds. The summed E-state index contributed by atoms with van der Waals surface area (Å²) in [6, 6.07) is 0. The smallest absolute Gasteiger partial charge is 0.319 e. The molecule has 0 heterocycles. The van der Waals surface area contributed by atoms with Gasteiger partial charge in [0.25, 0.3) is 0 Å². The van der Waals surface area contributed by atoms with E-state index in [4.69, 9.17) is 14.9 Å². The summed E-state index contributed by atoms with van der Waals surface area (Å²) in [6.45, 7) is 0.620. The molecule has 6 heteroatoms. The molecule has 1 rings (SSSR count). The maximum Gasteiger partial charge on any atom is 0.319 e. The van der Waals surface area contributed by atoms with Gasteiger partial charge in [0.15, 0.2) is 0 Å². The molecule has 92 valence electrons. The number of hydrogen-bond acceptors (Lipinski definition) is 4. The summed E-state index contributed by atoms with van der Waals surface area (Å²) in [5.74, 6) is -1.48. The van der Waals surface area contributed by atoms with Gasteiger partial charge in [-0.25, -0.2) is 0 Å². The van der Waals surface area contributed by atoms with Gasteiger partial charge in [-0.05, 0) is 12.8 Å². The summed E-state index contributed by atoms with van der Waals surface area (Å²) in [5, 5.41) is 17.8. The van der Waals surface area contributed by atoms with E-state index in [1.54, 1.807) is 0 Å². The minimum Gasteiger partial charge on any atom is -0.480 e. The maximum atomic E-state index is 11.9. The van der Waals surface area contributed by atoms with Crippen molar-refractivity contribution >= 4 is 11.9 Å². The van der Waals surface area contributed by atoms with Gasteiger partial charge in [-0.15, -0.1) is 0 Å². The van der Waals surface area contributed by atoms with Crippen LogP contribution in [0, 0.1) is 5.41 Å². The van der Waals surface area contributed by atoms with E-state index < -0.39 is 17.3 Å². The minimum atomic E-state index is -1.23. The normalized spacial score (nSPS) is 16.9. The third-order valence-corrected chi connectivity index (χ3v) is 2.79. The summed E-state index contributed by atoms with van der Waals surface area (Å²) < 4.78 is 4.84. The quantitative estimate of drug-likeness (QED) is 0.567. The van der Waals surface area contributed by atoms with Crippen LogP contribution in [0.1, 0.15) is 12.8 Å². The molecule has 0 aliphatic heterocycles. The Labute approximate surface area is 93.8 Å². The molecular weight excluding hydrogens is 214 g/mol. The van der Waals surface area contributed by atoms with Crippen LogP contribution in [0.2, 0.25) is 0 Å². The highest BCUT2D eigenvalue weighted by molar-refractivity contribution is 6.04. The van der Waals surface area contributed by atoms with Gasteiger partial charge >= 0.3 is 5.97 Å². The van der Waals surface area contributed by atoms with Crippen molar-refractivity contribution in [2.24, 2.45) is 5.41 Å². The van der Waals surface area contributed by atoms with Crippen LogP contribution < -0.4 is 0 Å². The number of amides is 1. The van der Waals surface area contributed by atoms with Gasteiger partial charge in [0.1, 0.15) is 5.41 Å². The van der Waals surface area contributed by atoms with Crippen LogP contribution in [0.4, 0.5) is 0 Å². The van der Waals surface area contributed by atoms with Gasteiger partial charge < -0.3 is 19.8 Å². The van der Waals surface area contributed by atoms with Gasteiger partial charge in [-0.1, -0.05) is 0 Å². The molecule has 0 radical (unpaired) electrons. The molecule has 1 aliphatic carbocycles. The van der Waals surface area contributed by atoms with Crippen LogP contribution in [0.25, 0.3) is 0 Å². The summed E-state index contributed by atoms with van der Waals surface area (Å²) in [4.78, 5) is 24.3.